The topological polar surface area (TPSA) is 70.1 Å². The predicted octanol–water partition coefficient (Wildman–Crippen LogP) is 2.51. The maximum Gasteiger partial charge on any atom is 0.332 e. The Hall–Kier alpha value is -1.95. The van der Waals surface area contributed by atoms with Gasteiger partial charge in [0.15, 0.2) is 0 Å². The van der Waals surface area contributed by atoms with Crippen molar-refractivity contribution in [3.8, 4) is 0 Å². The second-order valence-corrected chi connectivity index (χ2v) is 5.33. The van der Waals surface area contributed by atoms with Gasteiger partial charge in [-0.3, -0.25) is 0 Å². The van der Waals surface area contributed by atoms with Crippen LogP contribution < -0.4 is 10.6 Å². The minimum absolute atomic E-state index is 0.246. The summed E-state index contributed by atoms with van der Waals surface area (Å²) >= 11 is 1.63. The molecule has 5 nitrogen and oxygen atoms in total. The Morgan fingerprint density at radius 2 is 2.15 bits per heavy atom. The zero-order valence-electron chi connectivity index (χ0n) is 11.3. The van der Waals surface area contributed by atoms with E-state index in [0.29, 0.717) is 12.2 Å². The fourth-order valence-electron chi connectivity index (χ4n) is 1.57. The standard InChI is InChI=1S/C14H17N3O2S/c1-2-3-14(18)19-17-10-16-8-12(17)9-20-13-6-4-11(15)5-7-13/h4-8,10H,2-3,9,15H2,1H3. The van der Waals surface area contributed by atoms with E-state index in [2.05, 4.69) is 4.98 Å². The lowest BCUT2D eigenvalue weighted by Gasteiger charge is -2.07. The molecule has 0 radical (unpaired) electrons. The first kappa shape index (κ1) is 14.5. The number of thioether (sulfide) groups is 1. The summed E-state index contributed by atoms with van der Waals surface area (Å²) in [5.74, 6) is 0.424. The van der Waals surface area contributed by atoms with Gasteiger partial charge in [0.1, 0.15) is 6.33 Å². The van der Waals surface area contributed by atoms with Crippen LogP contribution in [0.15, 0.2) is 41.7 Å². The average Bonchev–Trinajstić information content (AvgIpc) is 2.86. The van der Waals surface area contributed by atoms with Crippen LogP contribution in [0.2, 0.25) is 0 Å². The second-order valence-electron chi connectivity index (χ2n) is 4.28. The van der Waals surface area contributed by atoms with Crippen molar-refractivity contribution >= 4 is 23.4 Å². The van der Waals surface area contributed by atoms with Gasteiger partial charge in [-0.15, -0.1) is 11.8 Å². The number of nitrogens with zero attached hydrogens (tertiary/aromatic N) is 2. The van der Waals surface area contributed by atoms with Gasteiger partial charge in [-0.05, 0) is 30.7 Å². The summed E-state index contributed by atoms with van der Waals surface area (Å²) in [6.45, 7) is 1.94. The first-order chi connectivity index (χ1) is 9.69. The third kappa shape index (κ3) is 4.03. The minimum atomic E-state index is -0.246. The Kier molecular flexibility index (Phi) is 5.06. The summed E-state index contributed by atoms with van der Waals surface area (Å²) in [4.78, 5) is 21.8. The van der Waals surface area contributed by atoms with Crippen molar-refractivity contribution in [3.63, 3.8) is 0 Å². The number of hydrogen-bond donors (Lipinski definition) is 1. The van der Waals surface area contributed by atoms with Crippen molar-refractivity contribution in [1.82, 2.24) is 9.71 Å². The number of imidazole rings is 1. The van der Waals surface area contributed by atoms with Crippen LogP contribution >= 0.6 is 11.8 Å². The Morgan fingerprint density at radius 1 is 1.40 bits per heavy atom. The summed E-state index contributed by atoms with van der Waals surface area (Å²) in [5, 5.41) is 0. The van der Waals surface area contributed by atoms with E-state index in [9.17, 15) is 4.79 Å². The molecule has 2 N–H and O–H groups in total. The summed E-state index contributed by atoms with van der Waals surface area (Å²) in [6.07, 6.45) is 4.38. The smallest absolute Gasteiger partial charge is 0.332 e. The van der Waals surface area contributed by atoms with Gasteiger partial charge < -0.3 is 10.6 Å². The lowest BCUT2D eigenvalue weighted by molar-refractivity contribution is -0.144. The third-order valence-electron chi connectivity index (χ3n) is 2.60. The third-order valence-corrected chi connectivity index (χ3v) is 3.64. The molecule has 0 aliphatic carbocycles. The number of rotatable bonds is 6. The number of hydrogen-bond acceptors (Lipinski definition) is 5. The molecule has 2 aromatic rings. The lowest BCUT2D eigenvalue weighted by atomic mass is 10.3. The number of benzene rings is 1. The maximum absolute atomic E-state index is 11.5. The first-order valence-corrected chi connectivity index (χ1v) is 7.38. The van der Waals surface area contributed by atoms with Crippen LogP contribution in [0.25, 0.3) is 0 Å². The molecule has 0 saturated heterocycles. The van der Waals surface area contributed by atoms with Crippen molar-refractivity contribution < 1.29 is 9.63 Å². The molecule has 1 aromatic heterocycles. The monoisotopic (exact) mass is 291 g/mol. The van der Waals surface area contributed by atoms with Crippen molar-refractivity contribution in [2.45, 2.75) is 30.4 Å². The molecular weight excluding hydrogens is 274 g/mol. The van der Waals surface area contributed by atoms with Gasteiger partial charge in [-0.1, -0.05) is 6.92 Å². The van der Waals surface area contributed by atoms with Crippen LogP contribution in [0.3, 0.4) is 0 Å². The van der Waals surface area contributed by atoms with E-state index in [1.54, 1.807) is 18.0 Å². The Morgan fingerprint density at radius 3 is 2.85 bits per heavy atom. The quantitative estimate of drug-likeness (QED) is 0.654. The molecular formula is C14H17N3O2S. The molecule has 0 aliphatic rings. The molecule has 0 amide bonds. The predicted molar refractivity (Wildman–Crippen MR) is 79.1 cm³/mol. The number of carbonyl (C=O) groups excluding carboxylic acids is 1. The summed E-state index contributed by atoms with van der Waals surface area (Å²) in [6, 6.07) is 7.65. The highest BCUT2D eigenvalue weighted by Gasteiger charge is 2.08. The zero-order chi connectivity index (χ0) is 14.4. The van der Waals surface area contributed by atoms with E-state index < -0.39 is 0 Å². The van der Waals surface area contributed by atoms with E-state index in [0.717, 1.165) is 22.7 Å². The molecule has 0 saturated carbocycles. The van der Waals surface area contributed by atoms with Gasteiger partial charge in [0, 0.05) is 22.8 Å². The minimum Gasteiger partial charge on any atom is -0.399 e. The Bertz CT molecular complexity index is 566. The molecule has 6 heteroatoms. The maximum atomic E-state index is 11.5. The molecule has 0 spiro atoms. The number of nitrogen functional groups attached to an aromatic ring is 1. The van der Waals surface area contributed by atoms with Gasteiger partial charge in [0.05, 0.1) is 11.9 Å². The zero-order valence-corrected chi connectivity index (χ0v) is 12.1. The summed E-state index contributed by atoms with van der Waals surface area (Å²) < 4.78 is 1.43. The van der Waals surface area contributed by atoms with Crippen molar-refractivity contribution in [2.24, 2.45) is 0 Å². The molecule has 0 atom stereocenters. The highest BCUT2D eigenvalue weighted by Crippen LogP contribution is 2.23. The van der Waals surface area contributed by atoms with Gasteiger partial charge in [0.25, 0.3) is 0 Å². The van der Waals surface area contributed by atoms with Crippen LogP contribution in [-0.4, -0.2) is 15.7 Å². The molecule has 0 fully saturated rings. The second kappa shape index (κ2) is 7.00. The largest absolute Gasteiger partial charge is 0.399 e. The SMILES string of the molecule is CCCC(=O)On1cncc1CSc1ccc(N)cc1. The molecule has 1 aromatic carbocycles. The highest BCUT2D eigenvalue weighted by atomic mass is 32.2. The van der Waals surface area contributed by atoms with Crippen LogP contribution in [0.5, 0.6) is 0 Å². The molecule has 20 heavy (non-hydrogen) atoms. The molecule has 0 unspecified atom stereocenters. The highest BCUT2D eigenvalue weighted by molar-refractivity contribution is 7.98. The van der Waals surface area contributed by atoms with Crippen LogP contribution in [-0.2, 0) is 10.5 Å². The number of carbonyl (C=O) groups is 1. The van der Waals surface area contributed by atoms with Gasteiger partial charge in [-0.2, -0.15) is 4.73 Å². The van der Waals surface area contributed by atoms with Gasteiger partial charge >= 0.3 is 5.97 Å². The van der Waals surface area contributed by atoms with E-state index in [-0.39, 0.29) is 5.97 Å². The number of aromatic nitrogens is 2. The summed E-state index contributed by atoms with van der Waals surface area (Å²) in [5.41, 5.74) is 7.23. The van der Waals surface area contributed by atoms with Gasteiger partial charge in [0.2, 0.25) is 0 Å². The number of nitrogens with two attached hydrogens (primary N) is 1. The molecule has 1 heterocycles. The molecule has 106 valence electrons. The molecule has 0 bridgehead atoms. The molecule has 0 aliphatic heterocycles. The molecule has 2 rings (SSSR count). The summed E-state index contributed by atoms with van der Waals surface area (Å²) in [7, 11) is 0. The van der Waals surface area contributed by atoms with Crippen LogP contribution in [0, 0.1) is 0 Å². The lowest BCUT2D eigenvalue weighted by Crippen LogP contribution is -2.20. The normalized spacial score (nSPS) is 10.4. The van der Waals surface area contributed by atoms with Crippen molar-refractivity contribution in [1.29, 1.82) is 0 Å². The van der Waals surface area contributed by atoms with E-state index in [1.807, 2.05) is 31.2 Å². The van der Waals surface area contributed by atoms with Crippen molar-refractivity contribution in [3.05, 3.63) is 42.5 Å². The Labute approximate surface area is 122 Å². The van der Waals surface area contributed by atoms with Crippen molar-refractivity contribution in [2.75, 3.05) is 5.73 Å². The van der Waals surface area contributed by atoms with Crippen LogP contribution in [0.4, 0.5) is 5.69 Å². The first-order valence-electron chi connectivity index (χ1n) is 6.39. The average molecular weight is 291 g/mol. The fourth-order valence-corrected chi connectivity index (χ4v) is 2.42. The van der Waals surface area contributed by atoms with E-state index >= 15 is 0 Å². The van der Waals surface area contributed by atoms with E-state index in [4.69, 9.17) is 10.6 Å². The van der Waals surface area contributed by atoms with Gasteiger partial charge in [-0.25, -0.2) is 9.78 Å². The van der Waals surface area contributed by atoms with Crippen LogP contribution in [0.1, 0.15) is 25.5 Å². The number of anilines is 1. The fraction of sp³-hybridized carbons (Fsp3) is 0.286. The Balaban J connectivity index is 1.94. The van der Waals surface area contributed by atoms with E-state index in [1.165, 1.54) is 11.1 Å².